The first-order chi connectivity index (χ1) is 16.6. The molecule has 0 spiro atoms. The van der Waals surface area contributed by atoms with Gasteiger partial charge in [-0.3, -0.25) is 19.2 Å². The first-order valence-corrected chi connectivity index (χ1v) is 13.3. The summed E-state index contributed by atoms with van der Waals surface area (Å²) in [5.41, 5.74) is -0.977. The van der Waals surface area contributed by atoms with Crippen LogP contribution in [0.4, 0.5) is 0 Å². The Kier molecular flexibility index (Phi) is 13.1. The molecular weight excluding hydrogens is 462 g/mol. The first kappa shape index (κ1) is 32.1. The van der Waals surface area contributed by atoms with Crippen LogP contribution in [-0.4, -0.2) is 54.6 Å². The SMILES string of the molecule is CC(C)(C)OC(=O)C[C@H](C=O)CC1CCC1.CON(C)C(=O)[C@@H](CC(=O)OC(C)(C)C)CC1CCC1. The van der Waals surface area contributed by atoms with E-state index in [-0.39, 0.29) is 42.5 Å². The van der Waals surface area contributed by atoms with Crippen LogP contribution in [0.15, 0.2) is 0 Å². The quantitative estimate of drug-likeness (QED) is 0.212. The van der Waals surface area contributed by atoms with Gasteiger partial charge in [0.15, 0.2) is 0 Å². The number of hydrogen-bond donors (Lipinski definition) is 0. The Labute approximate surface area is 217 Å². The van der Waals surface area contributed by atoms with Crippen molar-refractivity contribution in [1.29, 1.82) is 0 Å². The lowest BCUT2D eigenvalue weighted by molar-refractivity contribution is -0.177. The summed E-state index contributed by atoms with van der Waals surface area (Å²) in [7, 11) is 3.02. The third-order valence-corrected chi connectivity index (χ3v) is 6.51. The van der Waals surface area contributed by atoms with Crippen LogP contribution < -0.4 is 0 Å². The zero-order valence-corrected chi connectivity index (χ0v) is 23.8. The van der Waals surface area contributed by atoms with Crippen molar-refractivity contribution < 1.29 is 33.5 Å². The van der Waals surface area contributed by atoms with Crippen LogP contribution >= 0.6 is 0 Å². The highest BCUT2D eigenvalue weighted by molar-refractivity contribution is 5.83. The number of esters is 2. The topological polar surface area (TPSA) is 99.2 Å². The van der Waals surface area contributed by atoms with E-state index in [0.29, 0.717) is 11.8 Å². The number of hydrogen-bond acceptors (Lipinski definition) is 7. The van der Waals surface area contributed by atoms with Gasteiger partial charge in [0.1, 0.15) is 17.5 Å². The van der Waals surface area contributed by atoms with Gasteiger partial charge in [-0.1, -0.05) is 38.5 Å². The highest BCUT2D eigenvalue weighted by atomic mass is 16.7. The largest absolute Gasteiger partial charge is 0.460 e. The zero-order chi connectivity index (χ0) is 27.5. The maximum absolute atomic E-state index is 12.2. The molecule has 2 aliphatic rings. The molecule has 8 nitrogen and oxygen atoms in total. The summed E-state index contributed by atoms with van der Waals surface area (Å²) >= 11 is 0. The van der Waals surface area contributed by atoms with E-state index in [2.05, 4.69) is 0 Å². The summed E-state index contributed by atoms with van der Waals surface area (Å²) in [4.78, 5) is 51.5. The molecule has 8 heteroatoms. The van der Waals surface area contributed by atoms with Gasteiger partial charge >= 0.3 is 11.9 Å². The molecule has 0 aromatic heterocycles. The molecule has 0 aromatic rings. The fourth-order valence-electron chi connectivity index (χ4n) is 4.27. The van der Waals surface area contributed by atoms with Crippen molar-refractivity contribution in [1.82, 2.24) is 5.06 Å². The minimum absolute atomic E-state index is 0.125. The Hall–Kier alpha value is -1.96. The molecule has 36 heavy (non-hydrogen) atoms. The van der Waals surface area contributed by atoms with Crippen molar-refractivity contribution in [3.05, 3.63) is 0 Å². The molecule has 0 aromatic carbocycles. The van der Waals surface area contributed by atoms with Crippen LogP contribution in [0.3, 0.4) is 0 Å². The number of ether oxygens (including phenoxy) is 2. The highest BCUT2D eigenvalue weighted by Crippen LogP contribution is 2.34. The minimum Gasteiger partial charge on any atom is -0.460 e. The summed E-state index contributed by atoms with van der Waals surface area (Å²) in [6.07, 6.45) is 10.1. The summed E-state index contributed by atoms with van der Waals surface area (Å²) in [6, 6.07) is 0. The van der Waals surface area contributed by atoms with Gasteiger partial charge in [0.25, 0.3) is 0 Å². The summed E-state index contributed by atoms with van der Waals surface area (Å²) in [6.45, 7) is 11.0. The second-order valence-electron chi connectivity index (χ2n) is 12.3. The van der Waals surface area contributed by atoms with Crippen molar-refractivity contribution in [3.8, 4) is 0 Å². The van der Waals surface area contributed by atoms with Crippen molar-refractivity contribution in [2.75, 3.05) is 14.2 Å². The molecule has 2 fully saturated rings. The summed E-state index contributed by atoms with van der Waals surface area (Å²) in [5, 5.41) is 1.20. The van der Waals surface area contributed by atoms with E-state index in [0.717, 1.165) is 32.0 Å². The van der Waals surface area contributed by atoms with E-state index in [1.165, 1.54) is 37.9 Å². The Morgan fingerprint density at radius 2 is 1.28 bits per heavy atom. The van der Waals surface area contributed by atoms with Gasteiger partial charge in [-0.25, -0.2) is 5.06 Å². The maximum atomic E-state index is 12.2. The summed E-state index contributed by atoms with van der Waals surface area (Å²) in [5.74, 6) is -0.0246. The standard InChI is InChI=1S/C15H27NO4.C13H22O3/c1-15(2,3)20-13(17)10-12(9-11-7-6-8-11)14(18)16(4)19-5;1-13(2,3)16-12(15)8-11(9-14)7-10-5-4-6-10/h11-12H,6-10H2,1-5H3;9-11H,4-8H2,1-3H3/t12-;11-/m11/s1. The third kappa shape index (κ3) is 13.4. The fourth-order valence-corrected chi connectivity index (χ4v) is 4.27. The molecule has 0 N–H and O–H groups in total. The fraction of sp³-hybridized carbons (Fsp3) is 0.857. The van der Waals surface area contributed by atoms with Crippen molar-refractivity contribution in [2.45, 2.75) is 117 Å². The highest BCUT2D eigenvalue weighted by Gasteiger charge is 2.32. The van der Waals surface area contributed by atoms with Crippen LogP contribution in [0, 0.1) is 23.7 Å². The lowest BCUT2D eigenvalue weighted by Gasteiger charge is -2.30. The summed E-state index contributed by atoms with van der Waals surface area (Å²) < 4.78 is 10.5. The molecule has 0 aliphatic heterocycles. The Balaban J connectivity index is 0.000000369. The van der Waals surface area contributed by atoms with Gasteiger partial charge in [0.2, 0.25) is 5.91 Å². The van der Waals surface area contributed by atoms with Crippen molar-refractivity contribution in [2.24, 2.45) is 23.7 Å². The van der Waals surface area contributed by atoms with E-state index in [1.807, 2.05) is 41.5 Å². The molecule has 0 bridgehead atoms. The molecule has 208 valence electrons. The van der Waals surface area contributed by atoms with Crippen LogP contribution in [-0.2, 0) is 33.5 Å². The van der Waals surface area contributed by atoms with Gasteiger partial charge in [-0.2, -0.15) is 0 Å². The van der Waals surface area contributed by atoms with Gasteiger partial charge < -0.3 is 14.3 Å². The second kappa shape index (κ2) is 14.7. The second-order valence-corrected chi connectivity index (χ2v) is 12.3. The predicted octanol–water partition coefficient (Wildman–Crippen LogP) is 5.27. The Morgan fingerprint density at radius 3 is 1.64 bits per heavy atom. The number of carbonyl (C=O) groups is 4. The molecule has 0 heterocycles. The molecule has 1 amide bonds. The van der Waals surface area contributed by atoms with Crippen LogP contribution in [0.5, 0.6) is 0 Å². The van der Waals surface area contributed by atoms with E-state index in [1.54, 1.807) is 7.05 Å². The smallest absolute Gasteiger partial charge is 0.307 e. The first-order valence-electron chi connectivity index (χ1n) is 13.3. The number of hydroxylamine groups is 2. The lowest BCUT2D eigenvalue weighted by Crippen LogP contribution is -2.36. The van der Waals surface area contributed by atoms with Gasteiger partial charge in [0.05, 0.1) is 25.9 Å². The molecule has 0 saturated heterocycles. The predicted molar refractivity (Wildman–Crippen MR) is 138 cm³/mol. The normalized spacial score (nSPS) is 17.9. The van der Waals surface area contributed by atoms with Crippen molar-refractivity contribution in [3.63, 3.8) is 0 Å². The zero-order valence-electron chi connectivity index (χ0n) is 23.8. The molecule has 2 rings (SSSR count). The van der Waals surface area contributed by atoms with E-state index >= 15 is 0 Å². The van der Waals surface area contributed by atoms with E-state index < -0.39 is 11.2 Å². The van der Waals surface area contributed by atoms with Crippen LogP contribution in [0.1, 0.15) is 106 Å². The lowest BCUT2D eigenvalue weighted by atomic mass is 9.78. The van der Waals surface area contributed by atoms with Gasteiger partial charge in [-0.15, -0.1) is 0 Å². The minimum atomic E-state index is -0.520. The number of aldehydes is 1. The van der Waals surface area contributed by atoms with Gasteiger partial charge in [-0.05, 0) is 66.2 Å². The maximum Gasteiger partial charge on any atom is 0.307 e. The molecule has 0 radical (unpaired) electrons. The monoisotopic (exact) mass is 511 g/mol. The van der Waals surface area contributed by atoms with E-state index in [4.69, 9.17) is 14.3 Å². The third-order valence-electron chi connectivity index (χ3n) is 6.51. The number of rotatable bonds is 11. The molecular formula is C28H49NO7. The van der Waals surface area contributed by atoms with Crippen LogP contribution in [0.2, 0.25) is 0 Å². The molecule has 2 aliphatic carbocycles. The van der Waals surface area contributed by atoms with Gasteiger partial charge in [0, 0.05) is 13.0 Å². The van der Waals surface area contributed by atoms with Crippen molar-refractivity contribution >= 4 is 24.1 Å². The van der Waals surface area contributed by atoms with E-state index in [9.17, 15) is 19.2 Å². The molecule has 2 atom stereocenters. The Morgan fingerprint density at radius 1 is 0.833 bits per heavy atom. The number of nitrogens with zero attached hydrogens (tertiary/aromatic N) is 1. The number of carbonyl (C=O) groups excluding carboxylic acids is 4. The van der Waals surface area contributed by atoms with Crippen LogP contribution in [0.25, 0.3) is 0 Å². The average molecular weight is 512 g/mol. The molecule has 0 unspecified atom stereocenters. The number of amides is 1. The molecule has 2 saturated carbocycles. The average Bonchev–Trinajstić information content (AvgIpc) is 2.67. The Bertz CT molecular complexity index is 714.